The van der Waals surface area contributed by atoms with Crippen LogP contribution in [0.25, 0.3) is 0 Å². The van der Waals surface area contributed by atoms with Crippen molar-refractivity contribution in [3.05, 3.63) is 23.8 Å². The van der Waals surface area contributed by atoms with E-state index in [0.29, 0.717) is 13.0 Å². The van der Waals surface area contributed by atoms with Crippen molar-refractivity contribution in [3.8, 4) is 5.75 Å². The van der Waals surface area contributed by atoms with E-state index in [9.17, 15) is 4.79 Å². The molecule has 0 saturated heterocycles. The van der Waals surface area contributed by atoms with Crippen LogP contribution in [-0.4, -0.2) is 12.5 Å². The van der Waals surface area contributed by atoms with Crippen LogP contribution in [-0.2, 0) is 11.2 Å². The Bertz CT molecular complexity index is 402. The van der Waals surface area contributed by atoms with Gasteiger partial charge in [0.15, 0.2) is 0 Å². The minimum Gasteiger partial charge on any atom is -0.491 e. The zero-order valence-corrected chi connectivity index (χ0v) is 12.3. The van der Waals surface area contributed by atoms with E-state index in [-0.39, 0.29) is 5.91 Å². The van der Waals surface area contributed by atoms with Gasteiger partial charge < -0.3 is 10.1 Å². The second kappa shape index (κ2) is 8.57. The quantitative estimate of drug-likeness (QED) is 0.764. The number of aryl methyl sites for hydroxylation is 1. The largest absolute Gasteiger partial charge is 0.491 e. The maximum Gasteiger partial charge on any atom is 0.224 e. The van der Waals surface area contributed by atoms with E-state index in [1.54, 1.807) is 0 Å². The summed E-state index contributed by atoms with van der Waals surface area (Å²) in [6, 6.07) is 5.97. The van der Waals surface area contributed by atoms with E-state index < -0.39 is 0 Å². The Labute approximate surface area is 116 Å². The molecule has 3 heteroatoms. The number of hydrogen-bond acceptors (Lipinski definition) is 2. The van der Waals surface area contributed by atoms with Gasteiger partial charge in [0.25, 0.3) is 0 Å². The molecule has 1 aromatic carbocycles. The summed E-state index contributed by atoms with van der Waals surface area (Å²) >= 11 is 0. The van der Waals surface area contributed by atoms with Crippen molar-refractivity contribution in [3.63, 3.8) is 0 Å². The first-order valence-electron chi connectivity index (χ1n) is 7.27. The summed E-state index contributed by atoms with van der Waals surface area (Å²) in [5.74, 6) is 0.896. The normalized spacial score (nSPS) is 10.3. The molecule has 1 aromatic rings. The molecule has 0 fully saturated rings. The second-order valence-electron chi connectivity index (χ2n) is 4.69. The number of carbonyl (C=O) groups is 1. The number of para-hydroxylation sites is 1. The molecule has 0 aromatic heterocycles. The second-order valence-corrected chi connectivity index (χ2v) is 4.69. The molecule has 19 heavy (non-hydrogen) atoms. The van der Waals surface area contributed by atoms with E-state index >= 15 is 0 Å². The zero-order valence-electron chi connectivity index (χ0n) is 12.3. The van der Waals surface area contributed by atoms with Crippen molar-refractivity contribution in [2.45, 2.75) is 52.9 Å². The number of benzene rings is 1. The Balaban J connectivity index is 2.93. The molecule has 0 unspecified atom stereocenters. The maximum absolute atomic E-state index is 11.7. The van der Waals surface area contributed by atoms with Gasteiger partial charge in [0.2, 0.25) is 5.91 Å². The average Bonchev–Trinajstić information content (AvgIpc) is 2.38. The number of nitrogens with one attached hydrogen (secondary N) is 1. The maximum atomic E-state index is 11.7. The number of hydrogen-bond donors (Lipinski definition) is 1. The Hall–Kier alpha value is -1.51. The Morgan fingerprint density at radius 2 is 1.95 bits per heavy atom. The highest BCUT2D eigenvalue weighted by molar-refractivity contribution is 5.92. The van der Waals surface area contributed by atoms with Crippen molar-refractivity contribution in [2.75, 3.05) is 11.9 Å². The molecule has 0 aliphatic rings. The lowest BCUT2D eigenvalue weighted by Crippen LogP contribution is -2.13. The van der Waals surface area contributed by atoms with Crippen molar-refractivity contribution in [2.24, 2.45) is 0 Å². The average molecular weight is 263 g/mol. The molecule has 1 rings (SSSR count). The van der Waals surface area contributed by atoms with Crippen LogP contribution in [0.15, 0.2) is 18.2 Å². The highest BCUT2D eigenvalue weighted by Gasteiger charge is 2.11. The van der Waals surface area contributed by atoms with Crippen LogP contribution in [0.2, 0.25) is 0 Å². The number of ether oxygens (including phenoxy) is 1. The number of anilines is 1. The van der Waals surface area contributed by atoms with Gasteiger partial charge in [0, 0.05) is 6.42 Å². The predicted octanol–water partition coefficient (Wildman–Crippen LogP) is 4.17. The van der Waals surface area contributed by atoms with Crippen LogP contribution >= 0.6 is 0 Å². The fourth-order valence-corrected chi connectivity index (χ4v) is 1.96. The molecule has 0 radical (unpaired) electrons. The summed E-state index contributed by atoms with van der Waals surface area (Å²) < 4.78 is 5.83. The molecule has 0 saturated carbocycles. The molecule has 0 heterocycles. The summed E-state index contributed by atoms with van der Waals surface area (Å²) in [4.78, 5) is 11.7. The first-order chi connectivity index (χ1) is 9.22. The zero-order chi connectivity index (χ0) is 14.1. The van der Waals surface area contributed by atoms with E-state index in [1.165, 1.54) is 5.56 Å². The number of amides is 1. The third-order valence-electron chi connectivity index (χ3n) is 2.82. The van der Waals surface area contributed by atoms with Crippen molar-refractivity contribution in [1.29, 1.82) is 0 Å². The van der Waals surface area contributed by atoms with Gasteiger partial charge in [-0.05, 0) is 30.9 Å². The van der Waals surface area contributed by atoms with Crippen molar-refractivity contribution < 1.29 is 9.53 Å². The highest BCUT2D eigenvalue weighted by atomic mass is 16.5. The molecule has 0 spiro atoms. The minimum atomic E-state index is 0.0532. The van der Waals surface area contributed by atoms with Crippen LogP contribution in [0.3, 0.4) is 0 Å². The summed E-state index contributed by atoms with van der Waals surface area (Å²) in [6.45, 7) is 6.91. The third-order valence-corrected chi connectivity index (χ3v) is 2.82. The standard InChI is InChI=1S/C16H25NO2/c1-4-8-13-10-7-11-14(16(13)19-12-6-3)17-15(18)9-5-2/h7,10-11H,4-6,8-9,12H2,1-3H3,(H,17,18). The van der Waals surface area contributed by atoms with Crippen LogP contribution in [0, 0.1) is 0 Å². The summed E-state index contributed by atoms with van der Waals surface area (Å²) in [5.41, 5.74) is 1.98. The van der Waals surface area contributed by atoms with Gasteiger partial charge in [-0.1, -0.05) is 39.3 Å². The van der Waals surface area contributed by atoms with Crippen LogP contribution in [0.4, 0.5) is 5.69 Å². The SMILES string of the molecule is CCCOc1c(CCC)cccc1NC(=O)CCC. The number of rotatable bonds is 8. The van der Waals surface area contributed by atoms with Gasteiger partial charge in [-0.25, -0.2) is 0 Å². The summed E-state index contributed by atoms with van der Waals surface area (Å²) in [7, 11) is 0. The van der Waals surface area contributed by atoms with Crippen LogP contribution in [0.5, 0.6) is 5.75 Å². The van der Waals surface area contributed by atoms with E-state index in [4.69, 9.17) is 4.74 Å². The Kier molecular flexibility index (Phi) is 7.01. The number of carbonyl (C=O) groups excluding carboxylic acids is 1. The lowest BCUT2D eigenvalue weighted by atomic mass is 10.1. The van der Waals surface area contributed by atoms with E-state index in [1.807, 2.05) is 19.1 Å². The van der Waals surface area contributed by atoms with Gasteiger partial charge in [-0.2, -0.15) is 0 Å². The smallest absolute Gasteiger partial charge is 0.224 e. The highest BCUT2D eigenvalue weighted by Crippen LogP contribution is 2.30. The fourth-order valence-electron chi connectivity index (χ4n) is 1.96. The molecule has 0 aliphatic carbocycles. The molecule has 1 N–H and O–H groups in total. The summed E-state index contributed by atoms with van der Waals surface area (Å²) in [6.07, 6.45) is 4.39. The molecular weight excluding hydrogens is 238 g/mol. The molecule has 106 valence electrons. The topological polar surface area (TPSA) is 38.3 Å². The van der Waals surface area contributed by atoms with E-state index in [2.05, 4.69) is 25.2 Å². The molecule has 1 amide bonds. The van der Waals surface area contributed by atoms with Gasteiger partial charge in [-0.15, -0.1) is 0 Å². The minimum absolute atomic E-state index is 0.0532. The first kappa shape index (κ1) is 15.5. The van der Waals surface area contributed by atoms with Gasteiger partial charge in [0.1, 0.15) is 5.75 Å². The predicted molar refractivity (Wildman–Crippen MR) is 79.8 cm³/mol. The van der Waals surface area contributed by atoms with Gasteiger partial charge in [-0.3, -0.25) is 4.79 Å². The van der Waals surface area contributed by atoms with Crippen LogP contribution in [0.1, 0.15) is 52.0 Å². The molecular formula is C16H25NO2. The lowest BCUT2D eigenvalue weighted by molar-refractivity contribution is -0.116. The van der Waals surface area contributed by atoms with Gasteiger partial charge in [0.05, 0.1) is 12.3 Å². The molecule has 0 atom stereocenters. The van der Waals surface area contributed by atoms with Crippen LogP contribution < -0.4 is 10.1 Å². The Morgan fingerprint density at radius 3 is 2.58 bits per heavy atom. The van der Waals surface area contributed by atoms with Crippen molar-refractivity contribution >= 4 is 11.6 Å². The first-order valence-corrected chi connectivity index (χ1v) is 7.27. The van der Waals surface area contributed by atoms with E-state index in [0.717, 1.165) is 37.1 Å². The third kappa shape index (κ3) is 4.93. The molecule has 0 aliphatic heterocycles. The molecule has 3 nitrogen and oxygen atoms in total. The van der Waals surface area contributed by atoms with Gasteiger partial charge >= 0.3 is 0 Å². The fraction of sp³-hybridized carbons (Fsp3) is 0.562. The monoisotopic (exact) mass is 263 g/mol. The lowest BCUT2D eigenvalue weighted by Gasteiger charge is -2.16. The molecule has 0 bridgehead atoms. The summed E-state index contributed by atoms with van der Waals surface area (Å²) in [5, 5.41) is 2.96. The van der Waals surface area contributed by atoms with Crippen molar-refractivity contribution in [1.82, 2.24) is 0 Å². The Morgan fingerprint density at radius 1 is 1.16 bits per heavy atom.